The molecule has 0 amide bonds. The second kappa shape index (κ2) is 3.26. The van der Waals surface area contributed by atoms with Crippen LogP contribution < -0.4 is 0 Å². The van der Waals surface area contributed by atoms with E-state index in [0.717, 1.165) is 6.07 Å². The molecule has 0 spiro atoms. The topological polar surface area (TPSA) is 53.1 Å². The first-order chi connectivity index (χ1) is 7.39. The molecule has 0 atom stereocenters. The van der Waals surface area contributed by atoms with Crippen LogP contribution in [0.4, 0.5) is 13.2 Å². The Morgan fingerprint density at radius 2 is 2.00 bits per heavy atom. The van der Waals surface area contributed by atoms with Gasteiger partial charge in [0.25, 0.3) is 0 Å². The van der Waals surface area contributed by atoms with Crippen LogP contribution in [-0.4, -0.2) is 16.1 Å². The summed E-state index contributed by atoms with van der Waals surface area (Å²) in [7, 11) is 0. The smallest absolute Gasteiger partial charge is 0.416 e. The van der Waals surface area contributed by atoms with Crippen molar-refractivity contribution in [2.75, 3.05) is 0 Å². The molecule has 0 aliphatic rings. The van der Waals surface area contributed by atoms with Gasteiger partial charge in [0.15, 0.2) is 0 Å². The summed E-state index contributed by atoms with van der Waals surface area (Å²) in [5.41, 5.74) is -1.15. The number of carboxylic acids is 1. The quantitative estimate of drug-likeness (QED) is 0.789. The lowest BCUT2D eigenvalue weighted by Gasteiger charge is -2.08. The summed E-state index contributed by atoms with van der Waals surface area (Å²) in [5.74, 6) is -1.39. The average Bonchev–Trinajstić information content (AvgIpc) is 2.61. The van der Waals surface area contributed by atoms with Crippen LogP contribution in [0.1, 0.15) is 15.9 Å². The standard InChI is InChI=1S/C10H6F3NO2/c11-10(12,13)6-3-5-1-2-14-8(5)7(4-6)9(15)16/h1-4,14H,(H,15,16). The summed E-state index contributed by atoms with van der Waals surface area (Å²) >= 11 is 0. The van der Waals surface area contributed by atoms with Gasteiger partial charge in [0.2, 0.25) is 0 Å². The van der Waals surface area contributed by atoms with Gasteiger partial charge in [0.1, 0.15) is 0 Å². The van der Waals surface area contributed by atoms with Gasteiger partial charge in [-0.3, -0.25) is 0 Å². The van der Waals surface area contributed by atoms with E-state index in [2.05, 4.69) is 4.98 Å². The maximum Gasteiger partial charge on any atom is 0.416 e. The first-order valence-corrected chi connectivity index (χ1v) is 4.31. The van der Waals surface area contributed by atoms with Crippen molar-refractivity contribution in [2.24, 2.45) is 0 Å². The molecule has 1 aromatic carbocycles. The van der Waals surface area contributed by atoms with E-state index in [1.54, 1.807) is 0 Å². The zero-order valence-electron chi connectivity index (χ0n) is 7.80. The first kappa shape index (κ1) is 10.5. The SMILES string of the molecule is O=C(O)c1cc(C(F)(F)F)cc2cc[nH]c12. The molecule has 0 aliphatic carbocycles. The molecule has 0 fully saturated rings. The number of halogens is 3. The lowest BCUT2D eigenvalue weighted by Crippen LogP contribution is -2.07. The summed E-state index contributed by atoms with van der Waals surface area (Å²) in [5, 5.41) is 9.03. The number of nitrogens with one attached hydrogen (secondary N) is 1. The van der Waals surface area contributed by atoms with Crippen molar-refractivity contribution in [2.45, 2.75) is 6.18 Å². The minimum absolute atomic E-state index is 0.195. The van der Waals surface area contributed by atoms with Gasteiger partial charge in [-0.1, -0.05) is 0 Å². The highest BCUT2D eigenvalue weighted by molar-refractivity contribution is 6.02. The molecule has 16 heavy (non-hydrogen) atoms. The van der Waals surface area contributed by atoms with Crippen LogP contribution in [0.15, 0.2) is 24.4 Å². The normalized spacial score (nSPS) is 11.9. The minimum atomic E-state index is -4.55. The molecule has 0 unspecified atom stereocenters. The highest BCUT2D eigenvalue weighted by Crippen LogP contribution is 2.32. The van der Waals surface area contributed by atoms with Gasteiger partial charge in [-0.2, -0.15) is 13.2 Å². The molecule has 3 nitrogen and oxygen atoms in total. The largest absolute Gasteiger partial charge is 0.478 e. The van der Waals surface area contributed by atoms with Crippen LogP contribution in [0.5, 0.6) is 0 Å². The average molecular weight is 229 g/mol. The molecule has 2 N–H and O–H groups in total. The Balaban J connectivity index is 2.76. The lowest BCUT2D eigenvalue weighted by molar-refractivity contribution is -0.137. The molecule has 2 aromatic rings. The van der Waals surface area contributed by atoms with Crippen molar-refractivity contribution in [1.82, 2.24) is 4.98 Å². The summed E-state index contributed by atoms with van der Waals surface area (Å²) in [6.45, 7) is 0. The Bertz CT molecular complexity index is 557. The number of aromatic carboxylic acids is 1. The van der Waals surface area contributed by atoms with Crippen molar-refractivity contribution in [3.05, 3.63) is 35.5 Å². The van der Waals surface area contributed by atoms with E-state index in [0.29, 0.717) is 6.07 Å². The van der Waals surface area contributed by atoms with E-state index in [4.69, 9.17) is 5.11 Å². The molecule has 0 radical (unpaired) electrons. The lowest BCUT2D eigenvalue weighted by atomic mass is 10.1. The van der Waals surface area contributed by atoms with E-state index in [-0.39, 0.29) is 16.5 Å². The fourth-order valence-electron chi connectivity index (χ4n) is 1.50. The summed E-state index contributed by atoms with van der Waals surface area (Å²) in [4.78, 5) is 13.4. The molecule has 1 heterocycles. The van der Waals surface area contributed by atoms with Crippen LogP contribution >= 0.6 is 0 Å². The Hall–Kier alpha value is -1.98. The van der Waals surface area contributed by atoms with Crippen molar-refractivity contribution >= 4 is 16.9 Å². The fraction of sp³-hybridized carbons (Fsp3) is 0.100. The monoisotopic (exact) mass is 229 g/mol. The Morgan fingerprint density at radius 1 is 1.31 bits per heavy atom. The van der Waals surface area contributed by atoms with Gasteiger partial charge in [-0.05, 0) is 18.2 Å². The highest BCUT2D eigenvalue weighted by Gasteiger charge is 2.32. The maximum absolute atomic E-state index is 12.5. The first-order valence-electron chi connectivity index (χ1n) is 4.31. The molecular formula is C10H6F3NO2. The van der Waals surface area contributed by atoms with E-state index in [1.807, 2.05) is 0 Å². The Kier molecular flexibility index (Phi) is 2.15. The Morgan fingerprint density at radius 3 is 2.56 bits per heavy atom. The van der Waals surface area contributed by atoms with Crippen LogP contribution in [-0.2, 0) is 6.18 Å². The molecule has 6 heteroatoms. The predicted molar refractivity (Wildman–Crippen MR) is 50.3 cm³/mol. The number of rotatable bonds is 1. The van der Waals surface area contributed by atoms with Crippen molar-refractivity contribution in [3.63, 3.8) is 0 Å². The number of carboxylic acid groups (broad SMARTS) is 1. The number of aromatic amines is 1. The van der Waals surface area contributed by atoms with Crippen molar-refractivity contribution in [1.29, 1.82) is 0 Å². The number of carbonyl (C=O) groups is 1. The van der Waals surface area contributed by atoms with E-state index in [9.17, 15) is 18.0 Å². The highest BCUT2D eigenvalue weighted by atomic mass is 19.4. The second-order valence-corrected chi connectivity index (χ2v) is 3.27. The van der Waals surface area contributed by atoms with Gasteiger partial charge in [0.05, 0.1) is 16.6 Å². The molecule has 0 aliphatic heterocycles. The Labute approximate surface area is 87.5 Å². The molecule has 1 aromatic heterocycles. The van der Waals surface area contributed by atoms with Crippen molar-refractivity contribution in [3.8, 4) is 0 Å². The number of hydrogen-bond acceptors (Lipinski definition) is 1. The van der Waals surface area contributed by atoms with E-state index in [1.165, 1.54) is 12.3 Å². The van der Waals surface area contributed by atoms with Gasteiger partial charge in [0, 0.05) is 11.6 Å². The predicted octanol–water partition coefficient (Wildman–Crippen LogP) is 2.88. The number of fused-ring (bicyclic) bond motifs is 1. The third-order valence-electron chi connectivity index (χ3n) is 2.22. The summed E-state index contributed by atoms with van der Waals surface area (Å²) in [6.07, 6.45) is -3.15. The number of H-pyrrole nitrogens is 1. The molecule has 0 bridgehead atoms. The number of alkyl halides is 3. The van der Waals surface area contributed by atoms with Crippen LogP contribution in [0.3, 0.4) is 0 Å². The molecule has 2 rings (SSSR count). The number of benzene rings is 1. The van der Waals surface area contributed by atoms with Crippen LogP contribution in [0.2, 0.25) is 0 Å². The van der Waals surface area contributed by atoms with Gasteiger partial charge in [-0.25, -0.2) is 4.79 Å². The summed E-state index contributed by atoms with van der Waals surface area (Å²) in [6, 6.07) is 2.94. The molecular weight excluding hydrogens is 223 g/mol. The van der Waals surface area contributed by atoms with Gasteiger partial charge >= 0.3 is 12.1 Å². The maximum atomic E-state index is 12.5. The van der Waals surface area contributed by atoms with Gasteiger partial charge < -0.3 is 10.1 Å². The molecule has 0 saturated heterocycles. The van der Waals surface area contributed by atoms with E-state index >= 15 is 0 Å². The molecule has 84 valence electrons. The number of hydrogen-bond donors (Lipinski definition) is 2. The van der Waals surface area contributed by atoms with Crippen molar-refractivity contribution < 1.29 is 23.1 Å². The second-order valence-electron chi connectivity index (χ2n) is 3.27. The van der Waals surface area contributed by atoms with Crippen LogP contribution in [0.25, 0.3) is 10.9 Å². The summed E-state index contributed by atoms with van der Waals surface area (Å²) < 4.78 is 37.4. The third-order valence-corrected chi connectivity index (χ3v) is 2.22. The minimum Gasteiger partial charge on any atom is -0.478 e. The molecule has 0 saturated carbocycles. The zero-order chi connectivity index (χ0) is 11.9. The number of aromatic nitrogens is 1. The van der Waals surface area contributed by atoms with E-state index < -0.39 is 17.7 Å². The van der Waals surface area contributed by atoms with Crippen LogP contribution in [0, 0.1) is 0 Å². The zero-order valence-corrected chi connectivity index (χ0v) is 7.80. The third kappa shape index (κ3) is 1.62. The van der Waals surface area contributed by atoms with Gasteiger partial charge in [-0.15, -0.1) is 0 Å². The fourth-order valence-corrected chi connectivity index (χ4v) is 1.50.